The van der Waals surface area contributed by atoms with Crippen molar-refractivity contribution in [2.75, 3.05) is 18.5 Å². The second-order valence-corrected chi connectivity index (χ2v) is 6.70. The van der Waals surface area contributed by atoms with Crippen LogP contribution in [0, 0.1) is 0 Å². The van der Waals surface area contributed by atoms with Crippen LogP contribution in [0.25, 0.3) is 0 Å². The summed E-state index contributed by atoms with van der Waals surface area (Å²) in [5.74, 6) is 0.121. The minimum atomic E-state index is -0.306. The monoisotopic (exact) mass is 430 g/mol. The molecule has 2 rings (SSSR count). The lowest BCUT2D eigenvalue weighted by atomic mass is 10.1. The van der Waals surface area contributed by atoms with E-state index in [1.165, 1.54) is 0 Å². The molecule has 5 nitrogen and oxygen atoms in total. The summed E-state index contributed by atoms with van der Waals surface area (Å²) in [4.78, 5) is 24.8. The van der Waals surface area contributed by atoms with Gasteiger partial charge in [-0.25, -0.2) is 0 Å². The molecule has 6 heteroatoms. The first-order valence-corrected chi connectivity index (χ1v) is 9.58. The summed E-state index contributed by atoms with van der Waals surface area (Å²) in [5.41, 5.74) is 1.31. The van der Waals surface area contributed by atoms with Crippen LogP contribution in [-0.4, -0.2) is 25.0 Å². The molecule has 0 fully saturated rings. The predicted molar refractivity (Wildman–Crippen MR) is 111 cm³/mol. The van der Waals surface area contributed by atoms with Crippen molar-refractivity contribution in [2.24, 2.45) is 0 Å². The van der Waals surface area contributed by atoms with Gasteiger partial charge in [0.05, 0.1) is 22.3 Å². The van der Waals surface area contributed by atoms with E-state index in [9.17, 15) is 9.59 Å². The number of amides is 2. The van der Waals surface area contributed by atoms with Gasteiger partial charge in [0.2, 0.25) is 0 Å². The van der Waals surface area contributed by atoms with Crippen LogP contribution in [-0.2, 0) is 0 Å². The van der Waals surface area contributed by atoms with E-state index in [1.54, 1.807) is 48.5 Å². The van der Waals surface area contributed by atoms with Gasteiger partial charge in [0.25, 0.3) is 11.8 Å². The average Bonchev–Trinajstić information content (AvgIpc) is 2.67. The molecule has 0 spiro atoms. The Morgan fingerprint density at radius 1 is 1.19 bits per heavy atom. The number of hydrogen-bond donors (Lipinski definition) is 2. The Morgan fingerprint density at radius 2 is 1.96 bits per heavy atom. The lowest BCUT2D eigenvalue weighted by Gasteiger charge is -2.12. The van der Waals surface area contributed by atoms with E-state index >= 15 is 0 Å². The molecule has 2 aromatic carbocycles. The van der Waals surface area contributed by atoms with Crippen molar-refractivity contribution >= 4 is 33.4 Å². The van der Waals surface area contributed by atoms with Gasteiger partial charge in [0.15, 0.2) is 0 Å². The quantitative estimate of drug-likeness (QED) is 0.443. The van der Waals surface area contributed by atoms with Crippen molar-refractivity contribution < 1.29 is 14.3 Å². The molecule has 0 saturated heterocycles. The fourth-order valence-corrected chi connectivity index (χ4v) is 2.82. The summed E-state index contributed by atoms with van der Waals surface area (Å²) < 4.78 is 6.39. The number of nitrogens with one attached hydrogen (secondary N) is 2. The molecule has 0 aliphatic rings. The first kappa shape index (κ1) is 20.7. The molecule has 0 bridgehead atoms. The second kappa shape index (κ2) is 10.5. The van der Waals surface area contributed by atoms with E-state index in [0.717, 1.165) is 12.8 Å². The second-order valence-electron chi connectivity index (χ2n) is 5.85. The molecule has 0 aliphatic carbocycles. The van der Waals surface area contributed by atoms with Crippen LogP contribution in [0.15, 0.2) is 59.6 Å². The highest BCUT2D eigenvalue weighted by atomic mass is 79.9. The number of hydrogen-bond acceptors (Lipinski definition) is 3. The van der Waals surface area contributed by atoms with Crippen LogP contribution in [0.1, 0.15) is 40.5 Å². The number of benzene rings is 2. The van der Waals surface area contributed by atoms with E-state index in [2.05, 4.69) is 40.1 Å². The number of unbranched alkanes of at least 4 members (excludes halogenated alkanes) is 1. The standard InChI is InChI=1S/C21H23BrN2O3/c1-3-5-13-27-19-11-10-15(14-17(19)22)20(25)24-18-9-7-6-8-16(18)21(26)23-12-4-2/h4,6-11,14H,2-3,5,12-13H2,1H3,(H,23,26)(H,24,25). The fraction of sp³-hybridized carbons (Fsp3) is 0.238. The maximum Gasteiger partial charge on any atom is 0.255 e. The van der Waals surface area contributed by atoms with Gasteiger partial charge in [-0.1, -0.05) is 31.6 Å². The molecule has 2 N–H and O–H groups in total. The lowest BCUT2D eigenvalue weighted by molar-refractivity contribution is 0.0959. The third-order valence-electron chi connectivity index (χ3n) is 3.78. The Morgan fingerprint density at radius 3 is 2.67 bits per heavy atom. The predicted octanol–water partition coefficient (Wildman–Crippen LogP) is 4.80. The van der Waals surface area contributed by atoms with Crippen molar-refractivity contribution in [2.45, 2.75) is 19.8 Å². The van der Waals surface area contributed by atoms with Crippen LogP contribution < -0.4 is 15.4 Å². The van der Waals surface area contributed by atoms with Crippen molar-refractivity contribution in [3.63, 3.8) is 0 Å². The zero-order chi connectivity index (χ0) is 19.6. The summed E-state index contributed by atoms with van der Waals surface area (Å²) in [7, 11) is 0. The highest BCUT2D eigenvalue weighted by molar-refractivity contribution is 9.10. The smallest absolute Gasteiger partial charge is 0.255 e. The molecule has 0 aliphatic heterocycles. The molecule has 0 saturated carbocycles. The Bertz CT molecular complexity index is 821. The zero-order valence-corrected chi connectivity index (χ0v) is 16.8. The minimum Gasteiger partial charge on any atom is -0.492 e. The van der Waals surface area contributed by atoms with Gasteiger partial charge in [0.1, 0.15) is 5.75 Å². The van der Waals surface area contributed by atoms with Crippen molar-refractivity contribution in [3.05, 3.63) is 70.7 Å². The first-order valence-electron chi connectivity index (χ1n) is 8.78. The molecule has 2 amide bonds. The highest BCUT2D eigenvalue weighted by Crippen LogP contribution is 2.27. The van der Waals surface area contributed by atoms with Crippen LogP contribution >= 0.6 is 15.9 Å². The summed E-state index contributed by atoms with van der Waals surface area (Å²) in [6, 6.07) is 12.0. The number of rotatable bonds is 9. The maximum absolute atomic E-state index is 12.6. The van der Waals surface area contributed by atoms with E-state index in [0.29, 0.717) is 40.2 Å². The third-order valence-corrected chi connectivity index (χ3v) is 4.40. The molecule has 27 heavy (non-hydrogen) atoms. The van der Waals surface area contributed by atoms with E-state index in [4.69, 9.17) is 4.74 Å². The Hall–Kier alpha value is -2.60. The summed E-state index contributed by atoms with van der Waals surface area (Å²) >= 11 is 3.44. The van der Waals surface area contributed by atoms with Crippen LogP contribution in [0.2, 0.25) is 0 Å². The molecule has 0 heterocycles. The SMILES string of the molecule is C=CCNC(=O)c1ccccc1NC(=O)c1ccc(OCCCC)c(Br)c1. The van der Waals surface area contributed by atoms with E-state index in [-0.39, 0.29) is 11.8 Å². The molecule has 0 radical (unpaired) electrons. The van der Waals surface area contributed by atoms with Gasteiger partial charge < -0.3 is 15.4 Å². The largest absolute Gasteiger partial charge is 0.492 e. The number of halogens is 1. The Labute approximate surface area is 167 Å². The molecule has 0 unspecified atom stereocenters. The number of ether oxygens (including phenoxy) is 1. The van der Waals surface area contributed by atoms with Gasteiger partial charge in [-0.3, -0.25) is 9.59 Å². The van der Waals surface area contributed by atoms with Gasteiger partial charge >= 0.3 is 0 Å². The molecular weight excluding hydrogens is 408 g/mol. The van der Waals surface area contributed by atoms with Crippen LogP contribution in [0.3, 0.4) is 0 Å². The summed E-state index contributed by atoms with van der Waals surface area (Å²) in [5, 5.41) is 5.51. The first-order chi connectivity index (χ1) is 13.1. The summed E-state index contributed by atoms with van der Waals surface area (Å²) in [6.07, 6.45) is 3.62. The average molecular weight is 431 g/mol. The molecule has 2 aromatic rings. The van der Waals surface area contributed by atoms with E-state index in [1.807, 2.05) is 0 Å². The van der Waals surface area contributed by atoms with Gasteiger partial charge in [0, 0.05) is 12.1 Å². The number of anilines is 1. The number of carbonyl (C=O) groups excluding carboxylic acids is 2. The van der Waals surface area contributed by atoms with Crippen LogP contribution in [0.4, 0.5) is 5.69 Å². The zero-order valence-electron chi connectivity index (χ0n) is 15.3. The highest BCUT2D eigenvalue weighted by Gasteiger charge is 2.14. The lowest BCUT2D eigenvalue weighted by Crippen LogP contribution is -2.25. The fourth-order valence-electron chi connectivity index (χ4n) is 2.33. The van der Waals surface area contributed by atoms with Gasteiger partial charge in [-0.05, 0) is 52.7 Å². The minimum absolute atomic E-state index is 0.272. The topological polar surface area (TPSA) is 67.4 Å². The Balaban J connectivity index is 2.12. The molecule has 0 aromatic heterocycles. The maximum atomic E-state index is 12.6. The third kappa shape index (κ3) is 5.96. The van der Waals surface area contributed by atoms with E-state index < -0.39 is 0 Å². The normalized spacial score (nSPS) is 10.1. The molecular formula is C21H23BrN2O3. The molecule has 0 atom stereocenters. The van der Waals surface area contributed by atoms with Crippen molar-refractivity contribution in [1.82, 2.24) is 5.32 Å². The Kier molecular flexibility index (Phi) is 8.07. The molecule has 142 valence electrons. The number of carbonyl (C=O) groups is 2. The van der Waals surface area contributed by atoms with Crippen molar-refractivity contribution in [3.8, 4) is 5.75 Å². The van der Waals surface area contributed by atoms with Crippen molar-refractivity contribution in [1.29, 1.82) is 0 Å². The van der Waals surface area contributed by atoms with Crippen LogP contribution in [0.5, 0.6) is 5.75 Å². The number of para-hydroxylation sites is 1. The van der Waals surface area contributed by atoms with Gasteiger partial charge in [-0.2, -0.15) is 0 Å². The van der Waals surface area contributed by atoms with Gasteiger partial charge in [-0.15, -0.1) is 6.58 Å². The summed E-state index contributed by atoms with van der Waals surface area (Å²) in [6.45, 7) is 6.66.